The lowest BCUT2D eigenvalue weighted by atomic mass is 9.93. The number of aryl methyl sites for hydroxylation is 3. The first kappa shape index (κ1) is 41.0. The Morgan fingerprint density at radius 2 is 0.938 bits per heavy atom. The molecule has 0 bridgehead atoms. The van der Waals surface area contributed by atoms with Gasteiger partial charge in [-0.2, -0.15) is 36.9 Å². The number of halogens is 6. The van der Waals surface area contributed by atoms with Crippen LogP contribution in [0.1, 0.15) is 38.9 Å². The van der Waals surface area contributed by atoms with E-state index in [2.05, 4.69) is 73.0 Å². The highest BCUT2D eigenvalue weighted by Gasteiger charge is 2.38. The van der Waals surface area contributed by atoms with Crippen molar-refractivity contribution in [1.82, 2.24) is 9.13 Å². The maximum Gasteiger partial charge on any atom is 0.417 e. The lowest BCUT2D eigenvalue weighted by Crippen LogP contribution is -2.12. The van der Waals surface area contributed by atoms with E-state index in [0.29, 0.717) is 50.4 Å². The molecule has 8 aromatic carbocycles. The first-order valence-electron chi connectivity index (χ1n) is 20.7. The second-order valence-corrected chi connectivity index (χ2v) is 16.4. The van der Waals surface area contributed by atoms with Crippen molar-refractivity contribution in [3.63, 3.8) is 0 Å². The number of fused-ring (bicyclic) bond motifs is 6. The quantitative estimate of drug-likeness (QED) is 0.162. The molecule has 0 radical (unpaired) electrons. The van der Waals surface area contributed by atoms with Crippen LogP contribution in [0.15, 0.2) is 152 Å². The molecule has 10 heteroatoms. The number of nitrogens with zero attached hydrogens (tertiary/aromatic N) is 4. The second kappa shape index (κ2) is 15.0. The van der Waals surface area contributed by atoms with Crippen LogP contribution in [0.5, 0.6) is 0 Å². The summed E-state index contributed by atoms with van der Waals surface area (Å²) in [6.07, 6.45) is -10.0. The largest absolute Gasteiger partial charge is 0.417 e. The van der Waals surface area contributed by atoms with Crippen molar-refractivity contribution in [3.05, 3.63) is 191 Å². The molecule has 0 atom stereocenters. The molecule has 0 aliphatic rings. The number of hydrogen-bond donors (Lipinski definition) is 0. The number of nitriles is 2. The molecule has 2 heterocycles. The summed E-state index contributed by atoms with van der Waals surface area (Å²) < 4.78 is 88.7. The molecule has 0 amide bonds. The zero-order valence-corrected chi connectivity index (χ0v) is 35.0. The number of para-hydroxylation sites is 2. The van der Waals surface area contributed by atoms with E-state index >= 15 is 0 Å². The Kier molecular flexibility index (Phi) is 9.47. The van der Waals surface area contributed by atoms with Crippen molar-refractivity contribution in [2.24, 2.45) is 0 Å². The topological polar surface area (TPSA) is 57.4 Å². The average Bonchev–Trinajstić information content (AvgIpc) is 3.80. The second-order valence-electron chi connectivity index (χ2n) is 16.4. The van der Waals surface area contributed by atoms with Crippen molar-refractivity contribution in [3.8, 4) is 56.9 Å². The summed E-state index contributed by atoms with van der Waals surface area (Å²) in [5.74, 6) is 0. The van der Waals surface area contributed by atoms with Crippen molar-refractivity contribution in [1.29, 1.82) is 10.5 Å². The summed E-state index contributed by atoms with van der Waals surface area (Å²) in [5, 5.41) is 23.9. The molecular formula is C55H34F6N4. The molecule has 0 aliphatic carbocycles. The van der Waals surface area contributed by atoms with Crippen LogP contribution < -0.4 is 0 Å². The predicted molar refractivity (Wildman–Crippen MR) is 245 cm³/mol. The molecule has 0 fully saturated rings. The molecule has 4 nitrogen and oxygen atoms in total. The van der Waals surface area contributed by atoms with E-state index in [1.807, 2.05) is 72.2 Å². The molecule has 10 aromatic rings. The monoisotopic (exact) mass is 864 g/mol. The number of benzene rings is 8. The van der Waals surface area contributed by atoms with E-state index in [-0.39, 0.29) is 17.2 Å². The zero-order valence-electron chi connectivity index (χ0n) is 35.0. The van der Waals surface area contributed by atoms with Crippen molar-refractivity contribution in [2.45, 2.75) is 33.1 Å². The van der Waals surface area contributed by atoms with Crippen LogP contribution in [0, 0.1) is 43.4 Å². The van der Waals surface area contributed by atoms with E-state index in [1.54, 1.807) is 24.3 Å². The molecule has 0 unspecified atom stereocenters. The van der Waals surface area contributed by atoms with Crippen LogP contribution >= 0.6 is 0 Å². The van der Waals surface area contributed by atoms with Crippen LogP contribution in [-0.2, 0) is 12.4 Å². The third-order valence-electron chi connectivity index (χ3n) is 12.3. The van der Waals surface area contributed by atoms with Gasteiger partial charge in [-0.05, 0) is 133 Å². The van der Waals surface area contributed by atoms with Gasteiger partial charge in [-0.15, -0.1) is 0 Å². The predicted octanol–water partition coefficient (Wildman–Crippen LogP) is 15.6. The summed E-state index contributed by atoms with van der Waals surface area (Å²) in [6, 6.07) is 48.4. The van der Waals surface area contributed by atoms with E-state index < -0.39 is 23.5 Å². The van der Waals surface area contributed by atoms with Crippen molar-refractivity contribution in [2.75, 3.05) is 0 Å². The van der Waals surface area contributed by atoms with Gasteiger partial charge in [-0.25, -0.2) is 0 Å². The summed E-state index contributed by atoms with van der Waals surface area (Å²) in [5.41, 5.74) is 8.79. The van der Waals surface area contributed by atoms with E-state index in [9.17, 15) is 36.9 Å². The van der Waals surface area contributed by atoms with Gasteiger partial charge in [0, 0.05) is 27.1 Å². The Morgan fingerprint density at radius 3 is 1.46 bits per heavy atom. The Morgan fingerprint density at radius 1 is 0.431 bits per heavy atom. The normalized spacial score (nSPS) is 12.0. The lowest BCUT2D eigenvalue weighted by molar-refractivity contribution is -0.142. The Bertz CT molecular complexity index is 3700. The van der Waals surface area contributed by atoms with Crippen LogP contribution in [0.25, 0.3) is 88.4 Å². The fourth-order valence-electron chi connectivity index (χ4n) is 9.46. The highest BCUT2D eigenvalue weighted by molar-refractivity contribution is 6.13. The van der Waals surface area contributed by atoms with E-state index in [1.165, 1.54) is 11.6 Å². The fourth-order valence-corrected chi connectivity index (χ4v) is 9.46. The van der Waals surface area contributed by atoms with Crippen LogP contribution in [0.3, 0.4) is 0 Å². The summed E-state index contributed by atoms with van der Waals surface area (Å²) in [4.78, 5) is 0. The van der Waals surface area contributed by atoms with Gasteiger partial charge >= 0.3 is 12.4 Å². The van der Waals surface area contributed by atoms with Gasteiger partial charge in [0.25, 0.3) is 0 Å². The Hall–Kier alpha value is -8.08. The molecule has 0 N–H and O–H groups in total. The minimum absolute atomic E-state index is 0.0848. The smallest absolute Gasteiger partial charge is 0.308 e. The maximum absolute atomic E-state index is 14.5. The maximum atomic E-state index is 14.5. The van der Waals surface area contributed by atoms with Crippen LogP contribution in [0.4, 0.5) is 26.3 Å². The third-order valence-corrected chi connectivity index (χ3v) is 12.3. The molecule has 0 aliphatic heterocycles. The highest BCUT2D eigenvalue weighted by Crippen LogP contribution is 2.46. The molecular weight excluding hydrogens is 831 g/mol. The first-order valence-corrected chi connectivity index (χ1v) is 20.7. The van der Waals surface area contributed by atoms with Gasteiger partial charge in [0.2, 0.25) is 0 Å². The van der Waals surface area contributed by atoms with Crippen molar-refractivity contribution >= 4 is 43.6 Å². The van der Waals surface area contributed by atoms with Gasteiger partial charge in [0.1, 0.15) is 0 Å². The number of rotatable bonds is 5. The number of hydrogen-bond acceptors (Lipinski definition) is 2. The highest BCUT2D eigenvalue weighted by atomic mass is 19.4. The molecule has 0 spiro atoms. The summed E-state index contributed by atoms with van der Waals surface area (Å²) >= 11 is 0. The molecule has 316 valence electrons. The van der Waals surface area contributed by atoms with E-state index in [4.69, 9.17) is 0 Å². The fraction of sp³-hybridized carbons (Fsp3) is 0.0909. The summed E-state index contributed by atoms with van der Waals surface area (Å²) in [7, 11) is 0. The van der Waals surface area contributed by atoms with Gasteiger partial charge < -0.3 is 9.13 Å². The van der Waals surface area contributed by atoms with Gasteiger partial charge in [0.15, 0.2) is 0 Å². The SMILES string of the molecule is Cc1ccc(-c2ccc3c(c2)c2ccccc2n3-c2cc(C#N)cc(-n3c4ccccc4c4cc(-c5ccc(C(F)(F)F)cc5C(F)(F)F)ccc43)c2-c2ccc(C#N)cc2C)c(C)c1. The Labute approximate surface area is 369 Å². The van der Waals surface area contributed by atoms with Gasteiger partial charge in [0.05, 0.1) is 67.8 Å². The Balaban J connectivity index is 1.30. The van der Waals surface area contributed by atoms with Crippen LogP contribution in [-0.4, -0.2) is 9.13 Å². The number of aromatic nitrogens is 2. The molecule has 0 saturated carbocycles. The minimum Gasteiger partial charge on any atom is -0.308 e. The van der Waals surface area contributed by atoms with Gasteiger partial charge in [-0.1, -0.05) is 84.4 Å². The third kappa shape index (κ3) is 6.77. The first-order chi connectivity index (χ1) is 31.1. The molecule has 0 saturated heterocycles. The lowest BCUT2D eigenvalue weighted by Gasteiger charge is -2.22. The number of alkyl halides is 6. The molecule has 2 aromatic heterocycles. The zero-order chi connectivity index (χ0) is 45.5. The van der Waals surface area contributed by atoms with Crippen molar-refractivity contribution < 1.29 is 26.3 Å². The van der Waals surface area contributed by atoms with Gasteiger partial charge in [-0.3, -0.25) is 0 Å². The molecule has 65 heavy (non-hydrogen) atoms. The van der Waals surface area contributed by atoms with Crippen LogP contribution in [0.2, 0.25) is 0 Å². The van der Waals surface area contributed by atoms with E-state index in [0.717, 1.165) is 61.3 Å². The molecule has 10 rings (SSSR count). The summed E-state index contributed by atoms with van der Waals surface area (Å²) in [6.45, 7) is 6.09. The standard InChI is InChI=1S/C55H34F6N4/c1-31-12-17-39(32(2)22-31)36-14-20-49-44(26-36)42-8-4-6-10-47(42)64(49)51-24-35(30-63)25-52(53(51)40-18-13-34(29-62)23-33(40)3)65-48-11-7-5-9-43(48)45-27-37(15-21-50(45)65)41-19-16-38(54(56,57)58)28-46(41)55(59,60)61/h4-28H,1-3H3. The average molecular weight is 865 g/mol. The minimum atomic E-state index is -5.07.